The van der Waals surface area contributed by atoms with E-state index in [0.717, 1.165) is 39.2 Å². The Kier molecular flexibility index (Phi) is 5.66. The van der Waals surface area contributed by atoms with Crippen molar-refractivity contribution in [1.82, 2.24) is 18.1 Å². The van der Waals surface area contributed by atoms with Gasteiger partial charge in [0.1, 0.15) is 5.75 Å². The van der Waals surface area contributed by atoms with Crippen LogP contribution in [0.5, 0.6) is 5.75 Å². The van der Waals surface area contributed by atoms with Gasteiger partial charge in [-0.1, -0.05) is 18.2 Å². The normalized spacial score (nSPS) is 11.2. The molecule has 0 fully saturated rings. The van der Waals surface area contributed by atoms with E-state index in [1.807, 2.05) is 40.7 Å². The number of fused-ring (bicyclic) bond motifs is 1. The van der Waals surface area contributed by atoms with Gasteiger partial charge in [0.25, 0.3) is 0 Å². The molecule has 0 aliphatic rings. The number of para-hydroxylation sites is 1. The van der Waals surface area contributed by atoms with E-state index in [-0.39, 0.29) is 0 Å². The predicted molar refractivity (Wildman–Crippen MR) is 127 cm³/mol. The quantitative estimate of drug-likeness (QED) is 0.251. The van der Waals surface area contributed by atoms with Gasteiger partial charge in [-0.3, -0.25) is 3.97 Å². The first-order valence-electron chi connectivity index (χ1n) is 7.54. The van der Waals surface area contributed by atoms with Gasteiger partial charge in [-0.25, -0.2) is 9.07 Å². The summed E-state index contributed by atoms with van der Waals surface area (Å²) >= 11 is 4.48. The molecular weight excluding hydrogens is 594 g/mol. The topological polar surface area (TPSA) is 44.9 Å². The number of nitrogens with zero attached hydrogens (tertiary/aromatic N) is 4. The standard InChI is InChI=1S/C17H12I2N4OS2/c1-24-16-5-3-2-4-12(16)14-10-22(25-18)17-13(14)8-11(9-20-17)15-6-7-23(21-15)26-19/h2-10H,1H3. The average molecular weight is 606 g/mol. The third kappa shape index (κ3) is 3.34. The van der Waals surface area contributed by atoms with Gasteiger partial charge >= 0.3 is 0 Å². The molecule has 3 aromatic heterocycles. The lowest BCUT2D eigenvalue weighted by Crippen LogP contribution is -1.88. The SMILES string of the molecule is COc1ccccc1-c1cn(SI)c2ncc(-c3ccn(SI)n3)cc12. The van der Waals surface area contributed by atoms with E-state index in [1.54, 1.807) is 16.2 Å². The maximum atomic E-state index is 5.57. The summed E-state index contributed by atoms with van der Waals surface area (Å²) in [6, 6.07) is 12.2. The Morgan fingerprint density at radius 3 is 2.65 bits per heavy atom. The Hall–Kier alpha value is -0.920. The summed E-state index contributed by atoms with van der Waals surface area (Å²) in [6.07, 6.45) is 5.93. The zero-order valence-electron chi connectivity index (χ0n) is 13.5. The van der Waals surface area contributed by atoms with Crippen LogP contribution >= 0.6 is 60.6 Å². The van der Waals surface area contributed by atoms with Crippen LogP contribution in [-0.4, -0.2) is 25.3 Å². The Labute approximate surface area is 183 Å². The molecule has 0 radical (unpaired) electrons. The van der Waals surface area contributed by atoms with Crippen molar-refractivity contribution >= 4 is 71.7 Å². The summed E-state index contributed by atoms with van der Waals surface area (Å²) in [7, 11) is 4.82. The minimum absolute atomic E-state index is 0.848. The van der Waals surface area contributed by atoms with Crippen LogP contribution in [0.15, 0.2) is 55.0 Å². The highest BCUT2D eigenvalue weighted by Gasteiger charge is 2.16. The number of hydrogen-bond donors (Lipinski definition) is 0. The van der Waals surface area contributed by atoms with Crippen LogP contribution in [0, 0.1) is 0 Å². The highest BCUT2D eigenvalue weighted by molar-refractivity contribution is 14.2. The molecule has 0 saturated heterocycles. The van der Waals surface area contributed by atoms with Gasteiger partial charge in [0.2, 0.25) is 0 Å². The van der Waals surface area contributed by atoms with Gasteiger partial charge in [0.05, 0.1) is 12.8 Å². The maximum absolute atomic E-state index is 5.57. The van der Waals surface area contributed by atoms with Crippen LogP contribution in [0.1, 0.15) is 0 Å². The monoisotopic (exact) mass is 606 g/mol. The highest BCUT2D eigenvalue weighted by atomic mass is 127. The van der Waals surface area contributed by atoms with Gasteiger partial charge < -0.3 is 4.74 Å². The van der Waals surface area contributed by atoms with Gasteiger partial charge in [0.15, 0.2) is 5.65 Å². The van der Waals surface area contributed by atoms with Gasteiger partial charge in [-0.2, -0.15) is 5.10 Å². The van der Waals surface area contributed by atoms with E-state index >= 15 is 0 Å². The van der Waals surface area contributed by atoms with E-state index in [4.69, 9.17) is 9.72 Å². The molecular formula is C17H12I2N4OS2. The number of methoxy groups -OCH3 is 1. The molecule has 0 bridgehead atoms. The molecule has 4 rings (SSSR count). The highest BCUT2D eigenvalue weighted by Crippen LogP contribution is 2.39. The number of aromatic nitrogens is 4. The first-order chi connectivity index (χ1) is 12.7. The van der Waals surface area contributed by atoms with Crippen LogP contribution in [0.25, 0.3) is 33.4 Å². The van der Waals surface area contributed by atoms with Gasteiger partial charge in [0, 0.05) is 101 Å². The van der Waals surface area contributed by atoms with Crippen LogP contribution in [-0.2, 0) is 0 Å². The molecule has 0 spiro atoms. The molecule has 4 aromatic rings. The molecule has 0 aliphatic heterocycles. The molecule has 1 aromatic carbocycles. The summed E-state index contributed by atoms with van der Waals surface area (Å²) in [5, 5.41) is 5.64. The third-order valence-corrected chi connectivity index (χ3v) is 7.27. The molecule has 0 aliphatic carbocycles. The number of halogens is 2. The second-order valence-corrected chi connectivity index (χ2v) is 8.81. The molecule has 0 amide bonds. The van der Waals surface area contributed by atoms with Crippen molar-refractivity contribution in [3.8, 4) is 28.1 Å². The lowest BCUT2D eigenvalue weighted by Gasteiger charge is -2.07. The number of ether oxygens (including phenoxy) is 1. The number of benzene rings is 1. The van der Waals surface area contributed by atoms with Crippen molar-refractivity contribution in [3.05, 3.63) is 55.0 Å². The smallest absolute Gasteiger partial charge is 0.151 e. The lowest BCUT2D eigenvalue weighted by atomic mass is 10.0. The summed E-state index contributed by atoms with van der Waals surface area (Å²) in [5.74, 6) is 0.848. The van der Waals surface area contributed by atoms with Crippen molar-refractivity contribution in [2.75, 3.05) is 7.11 Å². The first-order valence-corrected chi connectivity index (χ1v) is 14.2. The van der Waals surface area contributed by atoms with Crippen LogP contribution in [0.4, 0.5) is 0 Å². The minimum atomic E-state index is 0.848. The second kappa shape index (κ2) is 7.98. The van der Waals surface area contributed by atoms with E-state index in [0.29, 0.717) is 0 Å². The molecule has 132 valence electrons. The predicted octanol–water partition coefficient (Wildman–Crippen LogP) is 6.27. The van der Waals surface area contributed by atoms with Crippen molar-refractivity contribution in [2.45, 2.75) is 0 Å². The van der Waals surface area contributed by atoms with Crippen molar-refractivity contribution in [3.63, 3.8) is 0 Å². The molecule has 0 N–H and O–H groups in total. The molecule has 26 heavy (non-hydrogen) atoms. The van der Waals surface area contributed by atoms with E-state index in [1.165, 1.54) is 9.12 Å². The zero-order valence-corrected chi connectivity index (χ0v) is 19.4. The van der Waals surface area contributed by atoms with E-state index < -0.39 is 0 Å². The van der Waals surface area contributed by atoms with Crippen molar-refractivity contribution < 1.29 is 4.74 Å². The van der Waals surface area contributed by atoms with Crippen LogP contribution < -0.4 is 4.74 Å². The van der Waals surface area contributed by atoms with E-state index in [2.05, 4.69) is 69.8 Å². The number of pyridine rings is 1. The largest absolute Gasteiger partial charge is 0.496 e. The number of rotatable bonds is 5. The molecule has 3 heterocycles. The fourth-order valence-electron chi connectivity index (χ4n) is 2.85. The summed E-state index contributed by atoms with van der Waals surface area (Å²) < 4.78 is 9.46. The second-order valence-electron chi connectivity index (χ2n) is 5.41. The van der Waals surface area contributed by atoms with E-state index in [9.17, 15) is 0 Å². The molecule has 0 saturated carbocycles. The summed E-state index contributed by atoms with van der Waals surface area (Å²) in [5.41, 5.74) is 4.98. The summed E-state index contributed by atoms with van der Waals surface area (Å²) in [4.78, 5) is 4.70. The Balaban J connectivity index is 1.93. The lowest BCUT2D eigenvalue weighted by molar-refractivity contribution is 0.416. The fourth-order valence-corrected chi connectivity index (χ4v) is 4.99. The molecule has 5 nitrogen and oxygen atoms in total. The molecule has 0 unspecified atom stereocenters. The van der Waals surface area contributed by atoms with Gasteiger partial charge in [-0.05, 0) is 18.2 Å². The third-order valence-electron chi connectivity index (χ3n) is 4.02. The summed E-state index contributed by atoms with van der Waals surface area (Å²) in [6.45, 7) is 0. The minimum Gasteiger partial charge on any atom is -0.496 e. The first kappa shape index (κ1) is 18.4. The number of hydrogen-bond acceptors (Lipinski definition) is 5. The van der Waals surface area contributed by atoms with Crippen molar-refractivity contribution in [2.24, 2.45) is 0 Å². The van der Waals surface area contributed by atoms with Crippen LogP contribution in [0.2, 0.25) is 0 Å². The van der Waals surface area contributed by atoms with Gasteiger partial charge in [-0.15, -0.1) is 0 Å². The average Bonchev–Trinajstić information content (AvgIpc) is 3.32. The Bertz CT molecular complexity index is 1080. The molecule has 9 heteroatoms. The van der Waals surface area contributed by atoms with Crippen molar-refractivity contribution in [1.29, 1.82) is 0 Å². The zero-order chi connectivity index (χ0) is 18.1. The maximum Gasteiger partial charge on any atom is 0.151 e. The Morgan fingerprint density at radius 2 is 1.92 bits per heavy atom. The Morgan fingerprint density at radius 1 is 1.08 bits per heavy atom. The fraction of sp³-hybridized carbons (Fsp3) is 0.0588. The van der Waals surface area contributed by atoms with Crippen LogP contribution in [0.3, 0.4) is 0 Å². The molecule has 0 atom stereocenters.